The summed E-state index contributed by atoms with van der Waals surface area (Å²) >= 11 is 0. The second-order valence-corrected chi connectivity index (χ2v) is 6.24. The first kappa shape index (κ1) is 17.0. The lowest BCUT2D eigenvalue weighted by Crippen LogP contribution is -2.42. The van der Waals surface area contributed by atoms with Crippen LogP contribution in [0.3, 0.4) is 0 Å². The van der Waals surface area contributed by atoms with Gasteiger partial charge in [0.25, 0.3) is 0 Å². The van der Waals surface area contributed by atoms with Crippen LogP contribution in [0.4, 0.5) is 5.69 Å². The molecule has 0 spiro atoms. The molecule has 1 heterocycles. The smallest absolute Gasteiger partial charge is 0.246 e. The Morgan fingerprint density at radius 1 is 1.12 bits per heavy atom. The third kappa shape index (κ3) is 4.35. The molecule has 128 valence electrons. The second kappa shape index (κ2) is 7.79. The zero-order valence-electron chi connectivity index (χ0n) is 14.4. The number of hydrogen-bond acceptors (Lipinski definition) is 2. The summed E-state index contributed by atoms with van der Waals surface area (Å²) in [6.07, 6.45) is 5.15. The van der Waals surface area contributed by atoms with Crippen LogP contribution in [-0.4, -0.2) is 24.9 Å². The zero-order valence-corrected chi connectivity index (χ0v) is 14.4. The molecule has 1 aliphatic heterocycles. The summed E-state index contributed by atoms with van der Waals surface area (Å²) < 4.78 is 0. The number of hydrogen-bond donors (Lipinski definition) is 1. The van der Waals surface area contributed by atoms with E-state index in [4.69, 9.17) is 0 Å². The Morgan fingerprint density at radius 3 is 2.68 bits per heavy atom. The Balaban J connectivity index is 1.56. The Kier molecular flexibility index (Phi) is 5.29. The fourth-order valence-corrected chi connectivity index (χ4v) is 2.96. The molecule has 0 saturated heterocycles. The number of benzene rings is 2. The highest BCUT2D eigenvalue weighted by Crippen LogP contribution is 2.26. The minimum atomic E-state index is -0.265. The van der Waals surface area contributed by atoms with E-state index >= 15 is 0 Å². The highest BCUT2D eigenvalue weighted by Gasteiger charge is 2.21. The maximum absolute atomic E-state index is 12.5. The molecule has 1 N–H and O–H groups in total. The molecule has 0 bridgehead atoms. The lowest BCUT2D eigenvalue weighted by Gasteiger charge is -2.29. The van der Waals surface area contributed by atoms with Gasteiger partial charge in [0.2, 0.25) is 11.8 Å². The number of carbonyl (C=O) groups excluding carboxylic acids is 2. The number of nitrogens with zero attached hydrogens (tertiary/aromatic N) is 1. The van der Waals surface area contributed by atoms with Crippen molar-refractivity contribution in [2.45, 2.75) is 19.8 Å². The molecular formula is C21H22N2O2. The van der Waals surface area contributed by atoms with Gasteiger partial charge in [-0.25, -0.2) is 0 Å². The van der Waals surface area contributed by atoms with Gasteiger partial charge in [-0.2, -0.15) is 0 Å². The van der Waals surface area contributed by atoms with Crippen LogP contribution in [-0.2, 0) is 16.0 Å². The molecule has 2 aromatic rings. The van der Waals surface area contributed by atoms with Crippen LogP contribution in [0, 0.1) is 6.92 Å². The lowest BCUT2D eigenvalue weighted by molar-refractivity contribution is -0.122. The summed E-state index contributed by atoms with van der Waals surface area (Å²) in [7, 11) is 0. The van der Waals surface area contributed by atoms with E-state index in [0.29, 0.717) is 6.54 Å². The molecule has 2 amide bonds. The number of amides is 2. The van der Waals surface area contributed by atoms with Gasteiger partial charge in [-0.3, -0.25) is 9.59 Å². The number of fused-ring (bicyclic) bond motifs is 1. The second-order valence-electron chi connectivity index (χ2n) is 6.24. The van der Waals surface area contributed by atoms with E-state index in [1.807, 2.05) is 49.4 Å². The third-order valence-corrected chi connectivity index (χ3v) is 4.33. The summed E-state index contributed by atoms with van der Waals surface area (Å²) in [5.74, 6) is -0.344. The van der Waals surface area contributed by atoms with Gasteiger partial charge in [0, 0.05) is 18.3 Å². The number of carbonyl (C=O) groups is 2. The van der Waals surface area contributed by atoms with Gasteiger partial charge in [-0.1, -0.05) is 48.0 Å². The first-order chi connectivity index (χ1) is 12.1. The normalized spacial score (nSPS) is 13.6. The molecule has 4 nitrogen and oxygen atoms in total. The maximum Gasteiger partial charge on any atom is 0.246 e. The van der Waals surface area contributed by atoms with E-state index in [1.165, 1.54) is 17.2 Å². The van der Waals surface area contributed by atoms with Crippen LogP contribution in [0.25, 0.3) is 6.08 Å². The summed E-state index contributed by atoms with van der Waals surface area (Å²) in [6, 6.07) is 15.8. The number of para-hydroxylation sites is 1. The first-order valence-electron chi connectivity index (χ1n) is 8.54. The Labute approximate surface area is 148 Å². The van der Waals surface area contributed by atoms with Crippen molar-refractivity contribution < 1.29 is 9.59 Å². The molecular weight excluding hydrogens is 312 g/mol. The van der Waals surface area contributed by atoms with Crippen molar-refractivity contribution in [3.05, 3.63) is 71.3 Å². The van der Waals surface area contributed by atoms with E-state index in [2.05, 4.69) is 11.4 Å². The predicted molar refractivity (Wildman–Crippen MR) is 100 cm³/mol. The number of rotatable bonds is 4. The van der Waals surface area contributed by atoms with E-state index < -0.39 is 0 Å². The van der Waals surface area contributed by atoms with Crippen molar-refractivity contribution in [3.63, 3.8) is 0 Å². The zero-order chi connectivity index (χ0) is 17.6. The molecule has 4 heteroatoms. The van der Waals surface area contributed by atoms with Gasteiger partial charge in [0.05, 0.1) is 6.54 Å². The Morgan fingerprint density at radius 2 is 1.88 bits per heavy atom. The van der Waals surface area contributed by atoms with Crippen LogP contribution >= 0.6 is 0 Å². The molecule has 0 fully saturated rings. The maximum atomic E-state index is 12.5. The molecule has 0 aromatic heterocycles. The van der Waals surface area contributed by atoms with Gasteiger partial charge in [-0.05, 0) is 43.0 Å². The highest BCUT2D eigenvalue weighted by molar-refractivity contribution is 5.99. The third-order valence-electron chi connectivity index (χ3n) is 4.33. The Bertz CT molecular complexity index is 794. The quantitative estimate of drug-likeness (QED) is 0.874. The molecule has 0 unspecified atom stereocenters. The van der Waals surface area contributed by atoms with Gasteiger partial charge in [0.15, 0.2) is 0 Å². The van der Waals surface area contributed by atoms with Crippen LogP contribution in [0.15, 0.2) is 54.6 Å². The van der Waals surface area contributed by atoms with Gasteiger partial charge >= 0.3 is 0 Å². The van der Waals surface area contributed by atoms with Crippen molar-refractivity contribution in [2.75, 3.05) is 18.0 Å². The fourth-order valence-electron chi connectivity index (χ4n) is 2.96. The van der Waals surface area contributed by atoms with Crippen molar-refractivity contribution in [1.82, 2.24) is 5.32 Å². The van der Waals surface area contributed by atoms with E-state index in [0.717, 1.165) is 24.1 Å². The van der Waals surface area contributed by atoms with Crippen molar-refractivity contribution in [1.29, 1.82) is 0 Å². The van der Waals surface area contributed by atoms with E-state index in [9.17, 15) is 9.59 Å². The molecule has 0 aliphatic carbocycles. The summed E-state index contributed by atoms with van der Waals surface area (Å²) in [4.78, 5) is 26.2. The van der Waals surface area contributed by atoms with Crippen LogP contribution in [0.5, 0.6) is 0 Å². The lowest BCUT2D eigenvalue weighted by atomic mass is 10.0. The summed E-state index contributed by atoms with van der Waals surface area (Å²) in [5.41, 5.74) is 4.28. The summed E-state index contributed by atoms with van der Waals surface area (Å²) in [6.45, 7) is 2.72. The largest absolute Gasteiger partial charge is 0.343 e. The van der Waals surface area contributed by atoms with Crippen molar-refractivity contribution in [2.24, 2.45) is 0 Å². The SMILES string of the molecule is Cc1ccc(C=CC(=O)NCC(=O)N2CCCc3ccccc32)cc1. The number of nitrogens with one attached hydrogen (secondary N) is 1. The monoisotopic (exact) mass is 334 g/mol. The molecule has 1 aliphatic rings. The molecule has 0 saturated carbocycles. The van der Waals surface area contributed by atoms with Crippen LogP contribution in [0.2, 0.25) is 0 Å². The van der Waals surface area contributed by atoms with Crippen molar-refractivity contribution in [3.8, 4) is 0 Å². The van der Waals surface area contributed by atoms with E-state index in [1.54, 1.807) is 11.0 Å². The minimum Gasteiger partial charge on any atom is -0.343 e. The van der Waals surface area contributed by atoms with Gasteiger partial charge in [0.1, 0.15) is 0 Å². The molecule has 2 aromatic carbocycles. The highest BCUT2D eigenvalue weighted by atomic mass is 16.2. The van der Waals surface area contributed by atoms with E-state index in [-0.39, 0.29) is 18.4 Å². The fraction of sp³-hybridized carbons (Fsp3) is 0.238. The van der Waals surface area contributed by atoms with Gasteiger partial charge < -0.3 is 10.2 Å². The first-order valence-corrected chi connectivity index (χ1v) is 8.54. The predicted octanol–water partition coefficient (Wildman–Crippen LogP) is 3.10. The average molecular weight is 334 g/mol. The molecule has 0 atom stereocenters. The molecule has 0 radical (unpaired) electrons. The van der Waals surface area contributed by atoms with Crippen molar-refractivity contribution >= 4 is 23.6 Å². The Hall–Kier alpha value is -2.88. The standard InChI is InChI=1S/C21H22N2O2/c1-16-8-10-17(11-9-16)12-13-20(24)22-15-21(25)23-14-4-6-18-5-2-3-7-19(18)23/h2-3,5,7-13H,4,6,14-15H2,1H3,(H,22,24). The minimum absolute atomic E-state index is 0.00536. The topological polar surface area (TPSA) is 49.4 Å². The molecule has 25 heavy (non-hydrogen) atoms. The molecule has 3 rings (SSSR count). The van der Waals surface area contributed by atoms with Crippen LogP contribution < -0.4 is 10.2 Å². The van der Waals surface area contributed by atoms with Crippen LogP contribution in [0.1, 0.15) is 23.1 Å². The average Bonchev–Trinajstić information content (AvgIpc) is 2.65. The number of anilines is 1. The number of aryl methyl sites for hydroxylation is 2. The summed E-state index contributed by atoms with van der Waals surface area (Å²) in [5, 5.41) is 2.68. The van der Waals surface area contributed by atoms with Gasteiger partial charge in [-0.15, -0.1) is 0 Å².